The van der Waals surface area contributed by atoms with Gasteiger partial charge in [0.2, 0.25) is 0 Å². The zero-order valence-electron chi connectivity index (χ0n) is 34.9. The number of rotatable bonds is 7. The number of hydrogen-bond acceptors (Lipinski definition) is 3. The second-order valence-electron chi connectivity index (χ2n) is 16.4. The van der Waals surface area contributed by atoms with Crippen LogP contribution in [0.1, 0.15) is 0 Å². The van der Waals surface area contributed by atoms with E-state index in [0.29, 0.717) is 17.5 Å². The van der Waals surface area contributed by atoms with Gasteiger partial charge in [0.25, 0.3) is 0 Å². The van der Waals surface area contributed by atoms with Gasteiger partial charge in [0.05, 0.1) is 0 Å². The molecule has 0 N–H and O–H groups in total. The van der Waals surface area contributed by atoms with E-state index in [1.807, 2.05) is 0 Å². The third kappa shape index (κ3) is 6.86. The first-order chi connectivity index (χ1) is 31.7. The van der Waals surface area contributed by atoms with Crippen LogP contribution >= 0.6 is 0 Å². The fourth-order valence-electron chi connectivity index (χ4n) is 9.20. The van der Waals surface area contributed by atoms with Gasteiger partial charge in [-0.3, -0.25) is 0 Å². The van der Waals surface area contributed by atoms with Crippen LogP contribution < -0.4 is 0 Å². The topological polar surface area (TPSA) is 38.7 Å². The van der Waals surface area contributed by atoms with Gasteiger partial charge in [0, 0.05) is 16.7 Å². The van der Waals surface area contributed by atoms with Gasteiger partial charge in [-0.15, -0.1) is 0 Å². The van der Waals surface area contributed by atoms with Crippen molar-refractivity contribution in [2.45, 2.75) is 0 Å². The van der Waals surface area contributed by atoms with E-state index in [9.17, 15) is 0 Å². The lowest BCUT2D eigenvalue weighted by atomic mass is 9.95. The number of aromatic nitrogens is 3. The summed E-state index contributed by atoms with van der Waals surface area (Å²) in [5, 5.41) is 9.18. The first-order valence-corrected chi connectivity index (χ1v) is 21.7. The van der Waals surface area contributed by atoms with Crippen LogP contribution in [0.4, 0.5) is 0 Å². The molecule has 0 atom stereocenters. The molecule has 12 rings (SSSR count). The van der Waals surface area contributed by atoms with Gasteiger partial charge in [0.1, 0.15) is 0 Å². The Morgan fingerprint density at radius 1 is 0.188 bits per heavy atom. The molecule has 0 spiro atoms. The Bertz CT molecular complexity index is 3700. The second kappa shape index (κ2) is 15.7. The van der Waals surface area contributed by atoms with E-state index in [2.05, 4.69) is 237 Å². The maximum atomic E-state index is 5.34. The maximum Gasteiger partial charge on any atom is 0.164 e. The lowest BCUT2D eigenvalue weighted by Crippen LogP contribution is -2.01. The normalized spacial score (nSPS) is 11.4. The molecule has 11 aromatic carbocycles. The number of hydrogen-bond donors (Lipinski definition) is 0. The Kier molecular flexibility index (Phi) is 9.16. The maximum absolute atomic E-state index is 5.34. The van der Waals surface area contributed by atoms with Crippen molar-refractivity contribution in [1.82, 2.24) is 15.0 Å². The zero-order chi connectivity index (χ0) is 42.4. The molecule has 0 aliphatic rings. The molecule has 0 radical (unpaired) electrons. The first-order valence-electron chi connectivity index (χ1n) is 21.7. The molecule has 0 fully saturated rings. The lowest BCUT2D eigenvalue weighted by molar-refractivity contribution is 1.08. The van der Waals surface area contributed by atoms with Crippen LogP contribution in [-0.2, 0) is 0 Å². The van der Waals surface area contributed by atoms with Crippen molar-refractivity contribution in [2.24, 2.45) is 0 Å². The third-order valence-corrected chi connectivity index (χ3v) is 12.5. The SMILES string of the molecule is c1ccc(-c2ccc(-c3ccc4cccc(-c5nc(-c6ccc7cc(-c8cccc9ccccc89)ccc7c6)nc(-c6cccc7cc(-c8ccccc8)ccc67)n5)c4c3)cc2)cc1. The summed E-state index contributed by atoms with van der Waals surface area (Å²) in [6, 6.07) is 84.3. The van der Waals surface area contributed by atoms with Gasteiger partial charge >= 0.3 is 0 Å². The van der Waals surface area contributed by atoms with Crippen molar-refractivity contribution in [1.29, 1.82) is 0 Å². The Morgan fingerprint density at radius 3 is 1.31 bits per heavy atom. The highest BCUT2D eigenvalue weighted by Gasteiger charge is 2.17. The van der Waals surface area contributed by atoms with E-state index < -0.39 is 0 Å². The number of benzene rings is 11. The van der Waals surface area contributed by atoms with Crippen LogP contribution in [0.5, 0.6) is 0 Å². The molecule has 0 aliphatic carbocycles. The molecule has 0 bridgehead atoms. The zero-order valence-corrected chi connectivity index (χ0v) is 34.9. The standard InChI is InChI=1S/C61H39N3/c1-3-12-40(13-4-1)42-24-26-43(27-25-42)49-29-28-45-18-10-23-57(58(45)39-49)61-63-59(62-60(64-61)56-22-11-19-50-36-46(34-35-55(50)56)41-14-5-2-6-15-41)52-33-31-47-37-51(32-30-48(47)38-52)54-21-9-17-44-16-7-8-20-53(44)54/h1-39H. The van der Waals surface area contributed by atoms with Gasteiger partial charge in [-0.1, -0.05) is 212 Å². The molecule has 12 aromatic rings. The highest BCUT2D eigenvalue weighted by molar-refractivity contribution is 6.02. The Balaban J connectivity index is 1.00. The van der Waals surface area contributed by atoms with Crippen LogP contribution in [0, 0.1) is 0 Å². The smallest absolute Gasteiger partial charge is 0.164 e. The van der Waals surface area contributed by atoms with Crippen molar-refractivity contribution >= 4 is 43.1 Å². The van der Waals surface area contributed by atoms with E-state index >= 15 is 0 Å². The van der Waals surface area contributed by atoms with Crippen molar-refractivity contribution in [3.63, 3.8) is 0 Å². The van der Waals surface area contributed by atoms with E-state index in [0.717, 1.165) is 60.1 Å². The van der Waals surface area contributed by atoms with Crippen molar-refractivity contribution in [3.05, 3.63) is 237 Å². The second-order valence-corrected chi connectivity index (χ2v) is 16.4. The van der Waals surface area contributed by atoms with Gasteiger partial charge in [0.15, 0.2) is 17.5 Å². The molecule has 3 heteroatoms. The molecule has 1 aromatic heterocycles. The first kappa shape index (κ1) is 37.2. The Morgan fingerprint density at radius 2 is 0.594 bits per heavy atom. The monoisotopic (exact) mass is 813 g/mol. The minimum Gasteiger partial charge on any atom is -0.208 e. The van der Waals surface area contributed by atoms with Gasteiger partial charge in [-0.2, -0.15) is 0 Å². The number of nitrogens with zero attached hydrogens (tertiary/aromatic N) is 3. The molecule has 0 amide bonds. The Hall–Kier alpha value is -8.53. The minimum absolute atomic E-state index is 0.627. The van der Waals surface area contributed by atoms with Crippen molar-refractivity contribution in [2.75, 3.05) is 0 Å². The van der Waals surface area contributed by atoms with Gasteiger partial charge < -0.3 is 0 Å². The predicted molar refractivity (Wildman–Crippen MR) is 268 cm³/mol. The molecule has 1 heterocycles. The van der Waals surface area contributed by atoms with Gasteiger partial charge in [-0.25, -0.2) is 15.0 Å². The van der Waals surface area contributed by atoms with Crippen LogP contribution in [0.2, 0.25) is 0 Å². The summed E-state index contributed by atoms with van der Waals surface area (Å²) in [5.74, 6) is 1.89. The minimum atomic E-state index is 0.627. The summed E-state index contributed by atoms with van der Waals surface area (Å²) in [6.07, 6.45) is 0. The van der Waals surface area contributed by atoms with Crippen LogP contribution in [-0.4, -0.2) is 15.0 Å². The molecular formula is C61H39N3. The van der Waals surface area contributed by atoms with Crippen molar-refractivity contribution < 1.29 is 0 Å². The van der Waals surface area contributed by atoms with Crippen LogP contribution in [0.15, 0.2) is 237 Å². The lowest BCUT2D eigenvalue weighted by Gasteiger charge is -2.13. The van der Waals surface area contributed by atoms with Gasteiger partial charge in [-0.05, 0) is 112 Å². The van der Waals surface area contributed by atoms with E-state index in [-0.39, 0.29) is 0 Å². The summed E-state index contributed by atoms with van der Waals surface area (Å²) < 4.78 is 0. The fourth-order valence-corrected chi connectivity index (χ4v) is 9.20. The average molecular weight is 814 g/mol. The summed E-state index contributed by atoms with van der Waals surface area (Å²) in [7, 11) is 0. The van der Waals surface area contributed by atoms with Crippen molar-refractivity contribution in [3.8, 4) is 78.7 Å². The van der Waals surface area contributed by atoms with E-state index in [1.165, 1.54) is 44.2 Å². The molecule has 0 saturated heterocycles. The summed E-state index contributed by atoms with van der Waals surface area (Å²) in [6.45, 7) is 0. The summed E-state index contributed by atoms with van der Waals surface area (Å²) in [5.41, 5.74) is 12.3. The molecule has 0 unspecified atom stereocenters. The molecule has 3 nitrogen and oxygen atoms in total. The molecule has 0 saturated carbocycles. The quantitative estimate of drug-likeness (QED) is 0.161. The highest BCUT2D eigenvalue weighted by atomic mass is 15.0. The molecule has 64 heavy (non-hydrogen) atoms. The third-order valence-electron chi connectivity index (χ3n) is 12.5. The van der Waals surface area contributed by atoms with Crippen LogP contribution in [0.3, 0.4) is 0 Å². The summed E-state index contributed by atoms with van der Waals surface area (Å²) in [4.78, 5) is 15.9. The molecule has 298 valence electrons. The number of fused-ring (bicyclic) bond motifs is 4. The summed E-state index contributed by atoms with van der Waals surface area (Å²) >= 11 is 0. The largest absolute Gasteiger partial charge is 0.208 e. The fraction of sp³-hybridized carbons (Fsp3) is 0. The predicted octanol–water partition coefficient (Wildman–Crippen LogP) is 16.2. The molecular weight excluding hydrogens is 775 g/mol. The molecule has 0 aliphatic heterocycles. The highest BCUT2D eigenvalue weighted by Crippen LogP contribution is 2.37. The average Bonchev–Trinajstić information content (AvgIpc) is 3.38. The van der Waals surface area contributed by atoms with Crippen LogP contribution in [0.25, 0.3) is 122 Å². The van der Waals surface area contributed by atoms with E-state index in [4.69, 9.17) is 15.0 Å². The van der Waals surface area contributed by atoms with E-state index in [1.54, 1.807) is 0 Å². The Labute approximate surface area is 371 Å².